The summed E-state index contributed by atoms with van der Waals surface area (Å²) >= 11 is 0. The average molecular weight is 231 g/mol. The summed E-state index contributed by atoms with van der Waals surface area (Å²) in [6.45, 7) is 4.42. The van der Waals surface area contributed by atoms with Gasteiger partial charge in [-0.3, -0.25) is 0 Å². The van der Waals surface area contributed by atoms with E-state index in [4.69, 9.17) is 5.73 Å². The Bertz CT molecular complexity index is 564. The van der Waals surface area contributed by atoms with Crippen LogP contribution in [0.5, 0.6) is 11.5 Å². The highest BCUT2D eigenvalue weighted by molar-refractivity contribution is 5.92. The third kappa shape index (κ3) is 1.83. The van der Waals surface area contributed by atoms with E-state index >= 15 is 0 Å². The van der Waals surface area contributed by atoms with Gasteiger partial charge in [0.15, 0.2) is 11.5 Å². The lowest BCUT2D eigenvalue weighted by Crippen LogP contribution is -2.09. The zero-order chi connectivity index (χ0) is 12.6. The first-order valence-electron chi connectivity index (χ1n) is 5.70. The molecule has 17 heavy (non-hydrogen) atoms. The van der Waals surface area contributed by atoms with E-state index in [1.807, 2.05) is 25.1 Å². The lowest BCUT2D eigenvalue weighted by molar-refractivity contribution is 0.402. The van der Waals surface area contributed by atoms with Crippen LogP contribution < -0.4 is 5.73 Å². The summed E-state index contributed by atoms with van der Waals surface area (Å²) in [6.07, 6.45) is 0. The Morgan fingerprint density at radius 1 is 1.29 bits per heavy atom. The van der Waals surface area contributed by atoms with Crippen molar-refractivity contribution in [1.82, 2.24) is 0 Å². The highest BCUT2D eigenvalue weighted by Crippen LogP contribution is 2.38. The molecule has 0 aliphatic rings. The highest BCUT2D eigenvalue weighted by Gasteiger charge is 2.14. The zero-order valence-corrected chi connectivity index (χ0v) is 10.1. The fraction of sp³-hybridized carbons (Fsp3) is 0.286. The second-order valence-electron chi connectivity index (χ2n) is 4.45. The summed E-state index contributed by atoms with van der Waals surface area (Å²) in [5, 5.41) is 21.3. The van der Waals surface area contributed by atoms with Crippen LogP contribution >= 0.6 is 0 Å². The van der Waals surface area contributed by atoms with E-state index in [1.54, 1.807) is 6.07 Å². The minimum absolute atomic E-state index is 0.0471. The van der Waals surface area contributed by atoms with Crippen molar-refractivity contribution in [3.8, 4) is 11.5 Å². The van der Waals surface area contributed by atoms with Crippen molar-refractivity contribution in [2.75, 3.05) is 6.54 Å². The zero-order valence-electron chi connectivity index (χ0n) is 10.1. The lowest BCUT2D eigenvalue weighted by atomic mass is 9.91. The molecule has 90 valence electrons. The molecule has 0 spiro atoms. The van der Waals surface area contributed by atoms with Crippen LogP contribution in [0.3, 0.4) is 0 Å². The number of rotatable bonds is 2. The van der Waals surface area contributed by atoms with E-state index in [9.17, 15) is 10.2 Å². The highest BCUT2D eigenvalue weighted by atomic mass is 16.3. The summed E-state index contributed by atoms with van der Waals surface area (Å²) in [7, 11) is 0. The Labute approximate surface area is 101 Å². The van der Waals surface area contributed by atoms with Crippen LogP contribution in [0.4, 0.5) is 0 Å². The summed E-state index contributed by atoms with van der Waals surface area (Å²) in [4.78, 5) is 0. The first-order chi connectivity index (χ1) is 8.06. The normalized spacial score (nSPS) is 12.9. The maximum Gasteiger partial charge on any atom is 0.161 e. The van der Waals surface area contributed by atoms with E-state index in [2.05, 4.69) is 6.92 Å². The van der Waals surface area contributed by atoms with E-state index in [0.717, 1.165) is 16.3 Å². The van der Waals surface area contributed by atoms with Crippen LogP contribution in [0.2, 0.25) is 0 Å². The molecule has 2 aromatic rings. The van der Waals surface area contributed by atoms with E-state index in [1.165, 1.54) is 0 Å². The van der Waals surface area contributed by atoms with Crippen LogP contribution in [-0.4, -0.2) is 16.8 Å². The molecule has 2 rings (SSSR count). The Kier molecular flexibility index (Phi) is 2.94. The second kappa shape index (κ2) is 4.26. The van der Waals surface area contributed by atoms with Gasteiger partial charge in [-0.15, -0.1) is 0 Å². The Hall–Kier alpha value is -1.74. The molecule has 0 amide bonds. The van der Waals surface area contributed by atoms with Crippen molar-refractivity contribution in [2.45, 2.75) is 19.8 Å². The molecule has 2 aromatic carbocycles. The smallest absolute Gasteiger partial charge is 0.161 e. The molecular formula is C14H17NO2. The number of nitrogens with two attached hydrogens (primary N) is 1. The molecule has 0 aliphatic heterocycles. The number of hydrogen-bond donors (Lipinski definition) is 3. The van der Waals surface area contributed by atoms with Gasteiger partial charge in [0.2, 0.25) is 0 Å². The second-order valence-corrected chi connectivity index (χ2v) is 4.45. The standard InChI is InChI=1S/C14H17NO2/c1-8(7-15)11-5-3-4-10-6-12(16)14(17)9(2)13(10)11/h3-6,8,16-17H,7,15H2,1-2H3. The molecule has 0 aliphatic carbocycles. The number of hydrogen-bond acceptors (Lipinski definition) is 3. The van der Waals surface area contributed by atoms with Crippen LogP contribution in [0, 0.1) is 6.92 Å². The molecule has 0 saturated heterocycles. The maximum absolute atomic E-state index is 9.80. The SMILES string of the molecule is Cc1c(O)c(O)cc2cccc(C(C)CN)c12. The Morgan fingerprint density at radius 2 is 2.00 bits per heavy atom. The largest absolute Gasteiger partial charge is 0.504 e. The molecule has 0 aromatic heterocycles. The number of phenols is 2. The van der Waals surface area contributed by atoms with Crippen LogP contribution in [0.1, 0.15) is 24.0 Å². The third-order valence-electron chi connectivity index (χ3n) is 3.28. The molecule has 4 N–H and O–H groups in total. The molecule has 1 atom stereocenters. The van der Waals surface area contributed by atoms with Crippen molar-refractivity contribution in [3.05, 3.63) is 35.4 Å². The molecule has 0 radical (unpaired) electrons. The third-order valence-corrected chi connectivity index (χ3v) is 3.28. The van der Waals surface area contributed by atoms with E-state index in [-0.39, 0.29) is 17.4 Å². The fourth-order valence-corrected chi connectivity index (χ4v) is 2.21. The van der Waals surface area contributed by atoms with Gasteiger partial charge in [-0.1, -0.05) is 25.1 Å². The molecular weight excluding hydrogens is 214 g/mol. The summed E-state index contributed by atoms with van der Waals surface area (Å²) in [6, 6.07) is 7.47. The summed E-state index contributed by atoms with van der Waals surface area (Å²) < 4.78 is 0. The maximum atomic E-state index is 9.80. The molecule has 0 fully saturated rings. The van der Waals surface area contributed by atoms with Gasteiger partial charge >= 0.3 is 0 Å². The van der Waals surface area contributed by atoms with Gasteiger partial charge in [0.05, 0.1) is 0 Å². The molecule has 0 bridgehead atoms. The van der Waals surface area contributed by atoms with Gasteiger partial charge < -0.3 is 15.9 Å². The Balaban J connectivity index is 2.83. The van der Waals surface area contributed by atoms with Crippen molar-refractivity contribution in [2.24, 2.45) is 5.73 Å². The molecule has 3 heteroatoms. The lowest BCUT2D eigenvalue weighted by Gasteiger charge is -2.15. The van der Waals surface area contributed by atoms with Crippen molar-refractivity contribution < 1.29 is 10.2 Å². The average Bonchev–Trinajstić information content (AvgIpc) is 2.34. The first-order valence-corrected chi connectivity index (χ1v) is 5.70. The summed E-state index contributed by atoms with van der Waals surface area (Å²) in [5.74, 6) is 0.100. The van der Waals surface area contributed by atoms with E-state index < -0.39 is 0 Å². The number of aromatic hydroxyl groups is 2. The van der Waals surface area contributed by atoms with Crippen LogP contribution in [0.25, 0.3) is 10.8 Å². The van der Waals surface area contributed by atoms with E-state index in [0.29, 0.717) is 12.1 Å². The molecule has 0 saturated carbocycles. The van der Waals surface area contributed by atoms with Gasteiger partial charge in [-0.2, -0.15) is 0 Å². The topological polar surface area (TPSA) is 66.5 Å². The molecule has 3 nitrogen and oxygen atoms in total. The van der Waals surface area contributed by atoms with Crippen molar-refractivity contribution in [1.29, 1.82) is 0 Å². The molecule has 1 unspecified atom stereocenters. The van der Waals surface area contributed by atoms with Crippen LogP contribution in [0.15, 0.2) is 24.3 Å². The predicted molar refractivity (Wildman–Crippen MR) is 69.5 cm³/mol. The summed E-state index contributed by atoms with van der Waals surface area (Å²) in [5.41, 5.74) is 7.51. The fourth-order valence-electron chi connectivity index (χ4n) is 2.21. The number of benzene rings is 2. The number of aryl methyl sites for hydroxylation is 1. The quantitative estimate of drug-likeness (QED) is 0.696. The molecule has 0 heterocycles. The number of phenolic OH excluding ortho intramolecular Hbond substituents is 2. The van der Waals surface area contributed by atoms with Gasteiger partial charge in [-0.05, 0) is 41.8 Å². The van der Waals surface area contributed by atoms with Gasteiger partial charge in [0, 0.05) is 5.56 Å². The minimum atomic E-state index is -0.0763. The minimum Gasteiger partial charge on any atom is -0.504 e. The predicted octanol–water partition coefficient (Wildman–Crippen LogP) is 2.62. The number of fused-ring (bicyclic) bond motifs is 1. The first kappa shape index (κ1) is 11.7. The van der Waals surface area contributed by atoms with Gasteiger partial charge in [0.25, 0.3) is 0 Å². The van der Waals surface area contributed by atoms with Gasteiger partial charge in [0.1, 0.15) is 0 Å². The Morgan fingerprint density at radius 3 is 2.65 bits per heavy atom. The van der Waals surface area contributed by atoms with Crippen molar-refractivity contribution >= 4 is 10.8 Å². The van der Waals surface area contributed by atoms with Crippen molar-refractivity contribution in [3.63, 3.8) is 0 Å². The van der Waals surface area contributed by atoms with Gasteiger partial charge in [-0.25, -0.2) is 0 Å². The van der Waals surface area contributed by atoms with Crippen LogP contribution in [-0.2, 0) is 0 Å². The monoisotopic (exact) mass is 231 g/mol.